The summed E-state index contributed by atoms with van der Waals surface area (Å²) in [4.78, 5) is 7.22. The summed E-state index contributed by atoms with van der Waals surface area (Å²) in [5, 5.41) is 3.64. The third-order valence-corrected chi connectivity index (χ3v) is 5.20. The zero-order valence-corrected chi connectivity index (χ0v) is 15.4. The molecule has 0 spiro atoms. The van der Waals surface area contributed by atoms with Gasteiger partial charge in [-0.2, -0.15) is 0 Å². The van der Waals surface area contributed by atoms with E-state index in [1.807, 2.05) is 6.07 Å². The third-order valence-electron chi connectivity index (χ3n) is 5.20. The number of fused-ring (bicyclic) bond motifs is 2. The van der Waals surface area contributed by atoms with Crippen molar-refractivity contribution in [2.45, 2.75) is 32.4 Å². The monoisotopic (exact) mass is 349 g/mol. The predicted octanol–water partition coefficient (Wildman–Crippen LogP) is 3.38. The number of hydrogen-bond donors (Lipinski definition) is 2. The van der Waals surface area contributed by atoms with E-state index >= 15 is 0 Å². The summed E-state index contributed by atoms with van der Waals surface area (Å²) in [6.45, 7) is 3.42. The van der Waals surface area contributed by atoms with Crippen LogP contribution in [0.5, 0.6) is 0 Å². The van der Waals surface area contributed by atoms with Crippen molar-refractivity contribution >= 4 is 22.4 Å². The molecular formula is C21H27N5. The van der Waals surface area contributed by atoms with Crippen LogP contribution in [0.15, 0.2) is 42.5 Å². The van der Waals surface area contributed by atoms with Crippen molar-refractivity contribution in [3.05, 3.63) is 53.9 Å². The molecule has 2 aromatic carbocycles. The average Bonchev–Trinajstić information content (AvgIpc) is 3.02. The highest BCUT2D eigenvalue weighted by molar-refractivity contribution is 5.77. The number of anilines is 2. The van der Waals surface area contributed by atoms with E-state index in [2.05, 4.69) is 58.2 Å². The van der Waals surface area contributed by atoms with Gasteiger partial charge in [0.1, 0.15) is 5.82 Å². The summed E-state index contributed by atoms with van der Waals surface area (Å²) >= 11 is 0. The normalized spacial score (nSPS) is 13.8. The molecule has 0 radical (unpaired) electrons. The fourth-order valence-electron chi connectivity index (χ4n) is 3.94. The van der Waals surface area contributed by atoms with Crippen LogP contribution in [-0.4, -0.2) is 29.7 Å². The number of nitrogens with one attached hydrogen (secondary N) is 1. The van der Waals surface area contributed by atoms with Gasteiger partial charge >= 0.3 is 0 Å². The van der Waals surface area contributed by atoms with Gasteiger partial charge in [0.05, 0.1) is 29.0 Å². The topological polar surface area (TPSA) is 59.1 Å². The molecule has 1 aliphatic rings. The average molecular weight is 349 g/mol. The lowest BCUT2D eigenvalue weighted by molar-refractivity contribution is 0.637. The number of aromatic nitrogens is 2. The lowest BCUT2D eigenvalue weighted by Gasteiger charge is -2.30. The Bertz CT molecular complexity index is 899. The van der Waals surface area contributed by atoms with Crippen molar-refractivity contribution in [1.82, 2.24) is 9.55 Å². The first kappa shape index (κ1) is 16.9. The third kappa shape index (κ3) is 3.15. The highest BCUT2D eigenvalue weighted by Crippen LogP contribution is 2.34. The van der Waals surface area contributed by atoms with E-state index in [0.717, 1.165) is 37.3 Å². The van der Waals surface area contributed by atoms with Crippen LogP contribution in [0.25, 0.3) is 11.0 Å². The van der Waals surface area contributed by atoms with Gasteiger partial charge in [0.15, 0.2) is 0 Å². The van der Waals surface area contributed by atoms with Crippen molar-refractivity contribution in [3.8, 4) is 0 Å². The molecule has 0 fully saturated rings. The van der Waals surface area contributed by atoms with Gasteiger partial charge in [-0.25, -0.2) is 4.98 Å². The number of benzene rings is 2. The molecule has 4 rings (SSSR count). The van der Waals surface area contributed by atoms with Crippen molar-refractivity contribution in [1.29, 1.82) is 0 Å². The first-order valence-corrected chi connectivity index (χ1v) is 9.49. The zero-order chi connectivity index (χ0) is 17.9. The van der Waals surface area contributed by atoms with E-state index in [0.29, 0.717) is 13.1 Å². The maximum atomic E-state index is 5.74. The van der Waals surface area contributed by atoms with E-state index in [1.54, 1.807) is 0 Å². The van der Waals surface area contributed by atoms with E-state index in [9.17, 15) is 0 Å². The molecule has 0 amide bonds. The second kappa shape index (κ2) is 7.38. The Morgan fingerprint density at radius 3 is 2.92 bits per heavy atom. The molecule has 136 valence electrons. The molecule has 0 bridgehead atoms. The van der Waals surface area contributed by atoms with Gasteiger partial charge in [-0.3, -0.25) is 0 Å². The smallest absolute Gasteiger partial charge is 0.129 e. The minimum Gasteiger partial charge on any atom is -0.376 e. The first-order valence-electron chi connectivity index (χ1n) is 9.49. The second-order valence-electron chi connectivity index (χ2n) is 7.00. The Morgan fingerprint density at radius 2 is 2.04 bits per heavy atom. The number of imidazole rings is 1. The largest absolute Gasteiger partial charge is 0.376 e. The van der Waals surface area contributed by atoms with Crippen LogP contribution in [0.1, 0.15) is 24.2 Å². The van der Waals surface area contributed by atoms with E-state index < -0.39 is 0 Å². The number of nitrogens with two attached hydrogens (primary N) is 1. The summed E-state index contributed by atoms with van der Waals surface area (Å²) in [7, 11) is 2.18. The van der Waals surface area contributed by atoms with Gasteiger partial charge in [-0.15, -0.1) is 0 Å². The molecule has 3 N–H and O–H groups in total. The number of rotatable bonds is 6. The number of hydrogen-bond acceptors (Lipinski definition) is 4. The van der Waals surface area contributed by atoms with Gasteiger partial charge in [-0.1, -0.05) is 24.3 Å². The van der Waals surface area contributed by atoms with Crippen LogP contribution in [0.2, 0.25) is 0 Å². The van der Waals surface area contributed by atoms with E-state index in [1.165, 1.54) is 28.9 Å². The Balaban J connectivity index is 1.63. The molecule has 1 aliphatic heterocycles. The van der Waals surface area contributed by atoms with Crippen LogP contribution < -0.4 is 16.0 Å². The Morgan fingerprint density at radius 1 is 1.15 bits per heavy atom. The minimum absolute atomic E-state index is 0.691. The molecule has 0 unspecified atom stereocenters. The first-order chi connectivity index (χ1) is 12.8. The fourth-order valence-corrected chi connectivity index (χ4v) is 3.94. The number of nitrogens with zero attached hydrogens (tertiary/aromatic N) is 3. The highest BCUT2D eigenvalue weighted by Gasteiger charge is 2.18. The summed E-state index contributed by atoms with van der Waals surface area (Å²) in [5.41, 5.74) is 11.9. The molecule has 0 saturated carbocycles. The maximum Gasteiger partial charge on any atom is 0.129 e. The van der Waals surface area contributed by atoms with Crippen molar-refractivity contribution in [2.75, 3.05) is 30.4 Å². The SMILES string of the molecule is CN1CCCc2cccc(NCc3nc4ccccc4n3CCCN)c21. The molecule has 0 saturated heterocycles. The lowest BCUT2D eigenvalue weighted by Crippen LogP contribution is -2.26. The van der Waals surface area contributed by atoms with Crippen molar-refractivity contribution in [3.63, 3.8) is 0 Å². The lowest BCUT2D eigenvalue weighted by atomic mass is 10.0. The molecule has 0 atom stereocenters. The van der Waals surface area contributed by atoms with Crippen LogP contribution in [0, 0.1) is 0 Å². The number of para-hydroxylation sites is 3. The fraction of sp³-hybridized carbons (Fsp3) is 0.381. The van der Waals surface area contributed by atoms with Crippen LogP contribution in [-0.2, 0) is 19.5 Å². The van der Waals surface area contributed by atoms with Crippen molar-refractivity contribution < 1.29 is 0 Å². The molecule has 26 heavy (non-hydrogen) atoms. The molecule has 2 heterocycles. The van der Waals surface area contributed by atoms with Crippen LogP contribution in [0.3, 0.4) is 0 Å². The summed E-state index contributed by atoms with van der Waals surface area (Å²) in [6.07, 6.45) is 3.34. The van der Waals surface area contributed by atoms with E-state index in [-0.39, 0.29) is 0 Å². The summed E-state index contributed by atoms with van der Waals surface area (Å²) in [5.74, 6) is 1.07. The Labute approximate surface area is 154 Å². The minimum atomic E-state index is 0.691. The van der Waals surface area contributed by atoms with Gasteiger partial charge in [0.2, 0.25) is 0 Å². The molecule has 5 nitrogen and oxygen atoms in total. The number of aryl methyl sites for hydroxylation is 2. The van der Waals surface area contributed by atoms with Gasteiger partial charge in [0, 0.05) is 20.1 Å². The molecule has 3 aromatic rings. The van der Waals surface area contributed by atoms with E-state index in [4.69, 9.17) is 10.7 Å². The van der Waals surface area contributed by atoms with Gasteiger partial charge in [0.25, 0.3) is 0 Å². The molecule has 0 aliphatic carbocycles. The standard InChI is InChI=1S/C21H27N5/c1-25-13-5-8-16-7-4-10-18(21(16)25)23-15-20-24-17-9-2-3-11-19(17)26(20)14-6-12-22/h2-4,7,9-11,23H,5-6,8,12-15,22H2,1H3. The van der Waals surface area contributed by atoms with Gasteiger partial charge in [-0.05, 0) is 49.6 Å². The summed E-state index contributed by atoms with van der Waals surface area (Å²) < 4.78 is 2.30. The highest BCUT2D eigenvalue weighted by atomic mass is 15.1. The Kier molecular flexibility index (Phi) is 4.80. The molecular weight excluding hydrogens is 322 g/mol. The second-order valence-corrected chi connectivity index (χ2v) is 7.00. The Hall–Kier alpha value is -2.53. The quantitative estimate of drug-likeness (QED) is 0.716. The summed E-state index contributed by atoms with van der Waals surface area (Å²) in [6, 6.07) is 14.9. The zero-order valence-electron chi connectivity index (χ0n) is 15.4. The van der Waals surface area contributed by atoms with Gasteiger partial charge < -0.3 is 20.5 Å². The van der Waals surface area contributed by atoms with Crippen molar-refractivity contribution in [2.24, 2.45) is 5.73 Å². The predicted molar refractivity (Wildman–Crippen MR) is 109 cm³/mol. The maximum absolute atomic E-state index is 5.74. The van der Waals surface area contributed by atoms with Crippen LogP contribution >= 0.6 is 0 Å². The molecule has 5 heteroatoms. The molecule has 1 aromatic heterocycles. The van der Waals surface area contributed by atoms with Crippen LogP contribution in [0.4, 0.5) is 11.4 Å².